The van der Waals surface area contributed by atoms with Gasteiger partial charge in [-0.3, -0.25) is 4.79 Å². The molecule has 1 aliphatic rings. The molecule has 1 fully saturated rings. The SMILES string of the molecule is N#C/C(=C/c1ccc(Cl)c(Cl)c1)C(=O)NCC1CCCO1. The number of nitrogens with zero attached hydrogens (tertiary/aromatic N) is 1. The summed E-state index contributed by atoms with van der Waals surface area (Å²) in [5, 5.41) is 12.6. The molecule has 0 radical (unpaired) electrons. The number of hydrogen-bond acceptors (Lipinski definition) is 3. The van der Waals surface area contributed by atoms with E-state index in [0.717, 1.165) is 19.4 Å². The van der Waals surface area contributed by atoms with Crippen LogP contribution in [0.25, 0.3) is 6.08 Å². The molecule has 1 aliphatic heterocycles. The maximum Gasteiger partial charge on any atom is 0.262 e. The monoisotopic (exact) mass is 324 g/mol. The third-order valence-corrected chi connectivity index (χ3v) is 3.87. The van der Waals surface area contributed by atoms with E-state index in [1.807, 2.05) is 6.07 Å². The summed E-state index contributed by atoms with van der Waals surface area (Å²) in [5.41, 5.74) is 0.666. The first-order valence-corrected chi connectivity index (χ1v) is 7.32. The van der Waals surface area contributed by atoms with Gasteiger partial charge in [0.05, 0.1) is 16.1 Å². The van der Waals surface area contributed by atoms with Gasteiger partial charge in [0, 0.05) is 13.2 Å². The van der Waals surface area contributed by atoms with E-state index in [1.54, 1.807) is 18.2 Å². The molecule has 0 saturated carbocycles. The van der Waals surface area contributed by atoms with Crippen LogP contribution in [-0.4, -0.2) is 25.2 Å². The lowest BCUT2D eigenvalue weighted by Crippen LogP contribution is -2.32. The molecule has 1 aromatic rings. The summed E-state index contributed by atoms with van der Waals surface area (Å²) in [4.78, 5) is 12.0. The number of ether oxygens (including phenoxy) is 1. The summed E-state index contributed by atoms with van der Waals surface area (Å²) in [6.07, 6.45) is 3.45. The van der Waals surface area contributed by atoms with Gasteiger partial charge in [0.25, 0.3) is 5.91 Å². The van der Waals surface area contributed by atoms with Gasteiger partial charge in [0.15, 0.2) is 0 Å². The summed E-state index contributed by atoms with van der Waals surface area (Å²) < 4.78 is 5.41. The highest BCUT2D eigenvalue weighted by molar-refractivity contribution is 6.42. The standard InChI is InChI=1S/C15H14Cl2N2O2/c16-13-4-3-10(7-14(13)17)6-11(8-18)15(20)19-9-12-2-1-5-21-12/h3-4,6-7,12H,1-2,5,9H2,(H,19,20)/b11-6-. The molecule has 1 saturated heterocycles. The molecule has 0 bridgehead atoms. The van der Waals surface area contributed by atoms with Crippen molar-refractivity contribution in [2.75, 3.05) is 13.2 Å². The van der Waals surface area contributed by atoms with Crippen LogP contribution < -0.4 is 5.32 Å². The molecule has 2 rings (SSSR count). The van der Waals surface area contributed by atoms with Crippen molar-refractivity contribution in [2.45, 2.75) is 18.9 Å². The van der Waals surface area contributed by atoms with Crippen molar-refractivity contribution in [2.24, 2.45) is 0 Å². The molecule has 1 heterocycles. The number of nitrogens with one attached hydrogen (secondary N) is 1. The van der Waals surface area contributed by atoms with E-state index >= 15 is 0 Å². The zero-order chi connectivity index (χ0) is 15.2. The first kappa shape index (κ1) is 15.8. The van der Waals surface area contributed by atoms with Crippen molar-refractivity contribution in [3.8, 4) is 6.07 Å². The topological polar surface area (TPSA) is 62.1 Å². The highest BCUT2D eigenvalue weighted by Gasteiger charge is 2.17. The highest BCUT2D eigenvalue weighted by atomic mass is 35.5. The lowest BCUT2D eigenvalue weighted by atomic mass is 10.1. The Labute approximate surface area is 133 Å². The minimum absolute atomic E-state index is 0.0198. The number of benzene rings is 1. The summed E-state index contributed by atoms with van der Waals surface area (Å²) in [6, 6.07) is 6.81. The molecular weight excluding hydrogens is 311 g/mol. The molecule has 0 spiro atoms. The van der Waals surface area contributed by atoms with Crippen molar-refractivity contribution in [3.05, 3.63) is 39.4 Å². The third kappa shape index (κ3) is 4.47. The second-order valence-corrected chi connectivity index (χ2v) is 5.50. The number of carbonyl (C=O) groups excluding carboxylic acids is 1. The molecule has 1 amide bonds. The predicted octanol–water partition coefficient (Wildman–Crippen LogP) is 3.20. The zero-order valence-electron chi connectivity index (χ0n) is 11.2. The zero-order valence-corrected chi connectivity index (χ0v) is 12.7. The van der Waals surface area contributed by atoms with E-state index in [1.165, 1.54) is 6.08 Å². The van der Waals surface area contributed by atoms with E-state index in [4.69, 9.17) is 33.2 Å². The molecular formula is C15H14Cl2N2O2. The van der Waals surface area contributed by atoms with Crippen LogP contribution in [0.3, 0.4) is 0 Å². The first-order chi connectivity index (χ1) is 10.1. The minimum atomic E-state index is -0.418. The molecule has 0 aliphatic carbocycles. The molecule has 1 atom stereocenters. The van der Waals surface area contributed by atoms with Crippen LogP contribution in [0.1, 0.15) is 18.4 Å². The summed E-state index contributed by atoms with van der Waals surface area (Å²) in [6.45, 7) is 1.14. The summed E-state index contributed by atoms with van der Waals surface area (Å²) in [5.74, 6) is -0.418. The van der Waals surface area contributed by atoms with Gasteiger partial charge in [0.1, 0.15) is 11.6 Å². The lowest BCUT2D eigenvalue weighted by molar-refractivity contribution is -0.117. The summed E-state index contributed by atoms with van der Waals surface area (Å²) >= 11 is 11.7. The summed E-state index contributed by atoms with van der Waals surface area (Å²) in [7, 11) is 0. The lowest BCUT2D eigenvalue weighted by Gasteiger charge is -2.10. The van der Waals surface area contributed by atoms with Crippen molar-refractivity contribution < 1.29 is 9.53 Å². The minimum Gasteiger partial charge on any atom is -0.376 e. The number of hydrogen-bond donors (Lipinski definition) is 1. The van der Waals surface area contributed by atoms with Crippen LogP contribution in [0.4, 0.5) is 0 Å². The Hall–Kier alpha value is -1.54. The van der Waals surface area contributed by atoms with Crippen LogP contribution in [0.5, 0.6) is 0 Å². The molecule has 1 aromatic carbocycles. The van der Waals surface area contributed by atoms with Gasteiger partial charge in [-0.2, -0.15) is 5.26 Å². The van der Waals surface area contributed by atoms with E-state index < -0.39 is 5.91 Å². The normalized spacial score (nSPS) is 18.3. The van der Waals surface area contributed by atoms with Gasteiger partial charge >= 0.3 is 0 Å². The Morgan fingerprint density at radius 2 is 2.29 bits per heavy atom. The fourth-order valence-corrected chi connectivity index (χ4v) is 2.33. The number of rotatable bonds is 4. The van der Waals surface area contributed by atoms with E-state index in [-0.39, 0.29) is 11.7 Å². The maximum atomic E-state index is 12.0. The first-order valence-electron chi connectivity index (χ1n) is 6.57. The smallest absolute Gasteiger partial charge is 0.262 e. The third-order valence-electron chi connectivity index (χ3n) is 3.13. The number of halogens is 2. The quantitative estimate of drug-likeness (QED) is 0.683. The van der Waals surface area contributed by atoms with Gasteiger partial charge in [0.2, 0.25) is 0 Å². The van der Waals surface area contributed by atoms with Crippen molar-refractivity contribution in [1.29, 1.82) is 5.26 Å². The maximum absolute atomic E-state index is 12.0. The second kappa shape index (κ2) is 7.46. The van der Waals surface area contributed by atoms with Gasteiger partial charge in [-0.25, -0.2) is 0 Å². The molecule has 6 heteroatoms. The van der Waals surface area contributed by atoms with Gasteiger partial charge < -0.3 is 10.1 Å². The van der Waals surface area contributed by atoms with Crippen LogP contribution in [0.15, 0.2) is 23.8 Å². The van der Waals surface area contributed by atoms with Gasteiger partial charge in [-0.15, -0.1) is 0 Å². The molecule has 110 valence electrons. The van der Waals surface area contributed by atoms with Crippen LogP contribution in [-0.2, 0) is 9.53 Å². The number of carbonyl (C=O) groups is 1. The second-order valence-electron chi connectivity index (χ2n) is 4.69. The highest BCUT2D eigenvalue weighted by Crippen LogP contribution is 2.23. The van der Waals surface area contributed by atoms with Crippen molar-refractivity contribution >= 4 is 35.2 Å². The van der Waals surface area contributed by atoms with Crippen LogP contribution in [0, 0.1) is 11.3 Å². The molecule has 21 heavy (non-hydrogen) atoms. The molecule has 1 unspecified atom stereocenters. The molecule has 0 aromatic heterocycles. The Kier molecular flexibility index (Phi) is 5.63. The van der Waals surface area contributed by atoms with Crippen LogP contribution >= 0.6 is 23.2 Å². The van der Waals surface area contributed by atoms with Crippen LogP contribution in [0.2, 0.25) is 10.0 Å². The average Bonchev–Trinajstić information content (AvgIpc) is 2.99. The Bertz CT molecular complexity index is 602. The average molecular weight is 325 g/mol. The van der Waals surface area contributed by atoms with Crippen molar-refractivity contribution in [3.63, 3.8) is 0 Å². The van der Waals surface area contributed by atoms with Gasteiger partial charge in [-0.05, 0) is 36.6 Å². The number of nitriles is 1. The number of amides is 1. The van der Waals surface area contributed by atoms with Gasteiger partial charge in [-0.1, -0.05) is 29.3 Å². The van der Waals surface area contributed by atoms with E-state index in [2.05, 4.69) is 5.32 Å². The molecule has 1 N–H and O–H groups in total. The Morgan fingerprint density at radius 3 is 2.90 bits per heavy atom. The van der Waals surface area contributed by atoms with Crippen molar-refractivity contribution in [1.82, 2.24) is 5.32 Å². The fourth-order valence-electron chi connectivity index (χ4n) is 2.02. The predicted molar refractivity (Wildman–Crippen MR) is 82.0 cm³/mol. The molecule has 4 nitrogen and oxygen atoms in total. The van der Waals surface area contributed by atoms with E-state index in [0.29, 0.717) is 22.2 Å². The largest absolute Gasteiger partial charge is 0.376 e. The Morgan fingerprint density at radius 1 is 1.48 bits per heavy atom. The Balaban J connectivity index is 2.03. The van der Waals surface area contributed by atoms with E-state index in [9.17, 15) is 4.79 Å². The fraction of sp³-hybridized carbons (Fsp3) is 0.333.